The normalized spacial score (nSPS) is 14.1. The van der Waals surface area contributed by atoms with E-state index in [1.165, 1.54) is 0 Å². The summed E-state index contributed by atoms with van der Waals surface area (Å²) in [6.45, 7) is 9.82. The van der Waals surface area contributed by atoms with E-state index in [4.69, 9.17) is 4.12 Å². The van der Waals surface area contributed by atoms with E-state index in [0.717, 1.165) is 24.9 Å². The van der Waals surface area contributed by atoms with E-state index >= 15 is 0 Å². The van der Waals surface area contributed by atoms with E-state index in [0.29, 0.717) is 13.1 Å². The number of hydrogen-bond acceptors (Lipinski definition) is 5. The molecule has 0 unspecified atom stereocenters. The third-order valence-electron chi connectivity index (χ3n) is 2.63. The Bertz CT molecular complexity index is 332. The van der Waals surface area contributed by atoms with Crippen molar-refractivity contribution in [2.75, 3.05) is 13.1 Å². The fourth-order valence-electron chi connectivity index (χ4n) is 2.12. The van der Waals surface area contributed by atoms with Crippen molar-refractivity contribution in [3.8, 4) is 0 Å². The van der Waals surface area contributed by atoms with Crippen LogP contribution in [0.1, 0.15) is 12.8 Å². The van der Waals surface area contributed by atoms with Gasteiger partial charge >= 0.3 is 0 Å². The summed E-state index contributed by atoms with van der Waals surface area (Å²) in [5, 5.41) is 0. The molecule has 0 saturated carbocycles. The van der Waals surface area contributed by atoms with Crippen LogP contribution in [0.2, 0.25) is 38.3 Å². The molecule has 7 heteroatoms. The molecule has 108 valence electrons. The number of aliphatic imine (C=N–C) groups is 2. The van der Waals surface area contributed by atoms with Gasteiger partial charge in [-0.3, -0.25) is 0 Å². The van der Waals surface area contributed by atoms with Crippen LogP contribution in [-0.2, 0) is 13.7 Å². The predicted molar refractivity (Wildman–Crippen MR) is 80.9 cm³/mol. The largest absolute Gasteiger partial charge is 0.456 e. The lowest BCUT2D eigenvalue weighted by Gasteiger charge is -2.34. The third-order valence-corrected chi connectivity index (χ3v) is 9.88. The lowest BCUT2D eigenvalue weighted by Crippen LogP contribution is -2.44. The van der Waals surface area contributed by atoms with Crippen LogP contribution in [0.5, 0.6) is 0 Å². The lowest BCUT2D eigenvalue weighted by molar-refractivity contribution is 0.528. The summed E-state index contributed by atoms with van der Waals surface area (Å²) < 4.78 is 6.38. The van der Waals surface area contributed by atoms with Crippen molar-refractivity contribution in [2.45, 2.75) is 51.1 Å². The molecule has 0 bridgehead atoms. The van der Waals surface area contributed by atoms with Crippen molar-refractivity contribution in [2.24, 2.45) is 9.98 Å². The van der Waals surface area contributed by atoms with E-state index in [2.05, 4.69) is 36.2 Å². The smallest absolute Gasteiger partial charge is 0.234 e. The average molecular weight is 301 g/mol. The second-order valence-corrected chi connectivity index (χ2v) is 14.8. The minimum atomic E-state index is -1.80. The maximum Gasteiger partial charge on any atom is 0.234 e. The maximum atomic E-state index is 10.0. The number of nitrogens with zero attached hydrogens (tertiary/aromatic N) is 2. The summed E-state index contributed by atoms with van der Waals surface area (Å²) >= 11 is 0. The molecule has 0 radical (unpaired) electrons. The molecule has 19 heavy (non-hydrogen) atoms. The SMILES string of the molecule is C[Si](C)(C)O[Si](C)(CCCN=C=O)CCCN=C=O. The Morgan fingerprint density at radius 1 is 0.895 bits per heavy atom. The number of hydrogen-bond donors (Lipinski definition) is 0. The molecule has 0 saturated heterocycles. The molecule has 5 nitrogen and oxygen atoms in total. The molecule has 0 aromatic rings. The zero-order valence-electron chi connectivity index (χ0n) is 12.4. The summed E-state index contributed by atoms with van der Waals surface area (Å²) in [5.41, 5.74) is 0. The Hall–Kier alpha value is -0.846. The molecule has 0 aliphatic carbocycles. The number of rotatable bonds is 10. The van der Waals surface area contributed by atoms with Gasteiger partial charge in [0, 0.05) is 0 Å². The van der Waals surface area contributed by atoms with Gasteiger partial charge in [0.1, 0.15) is 0 Å². The molecule has 0 N–H and O–H groups in total. The Morgan fingerprint density at radius 2 is 1.32 bits per heavy atom. The second-order valence-electron chi connectivity index (χ2n) is 5.82. The van der Waals surface area contributed by atoms with Crippen LogP contribution in [-0.4, -0.2) is 41.9 Å². The van der Waals surface area contributed by atoms with Gasteiger partial charge in [-0.05, 0) is 51.1 Å². The Balaban J connectivity index is 4.42. The lowest BCUT2D eigenvalue weighted by atomic mass is 10.5. The van der Waals surface area contributed by atoms with Gasteiger partial charge in [0.25, 0.3) is 0 Å². The summed E-state index contributed by atoms with van der Waals surface area (Å²) in [6.07, 6.45) is 4.85. The summed E-state index contributed by atoms with van der Waals surface area (Å²) in [4.78, 5) is 27.3. The van der Waals surface area contributed by atoms with Gasteiger partial charge in [-0.1, -0.05) is 0 Å². The minimum Gasteiger partial charge on any atom is -0.456 e. The fourth-order valence-corrected chi connectivity index (χ4v) is 10.9. The predicted octanol–water partition coefficient (Wildman–Crippen LogP) is 2.87. The highest BCUT2D eigenvalue weighted by Crippen LogP contribution is 2.25. The Labute approximate surface area is 117 Å². The highest BCUT2D eigenvalue weighted by atomic mass is 28.4. The fraction of sp³-hybridized carbons (Fsp3) is 0.833. The van der Waals surface area contributed by atoms with Gasteiger partial charge in [-0.15, -0.1) is 0 Å². The van der Waals surface area contributed by atoms with Crippen LogP contribution in [0.4, 0.5) is 0 Å². The third kappa shape index (κ3) is 10.7. The molecule has 0 fully saturated rings. The molecular weight excluding hydrogens is 276 g/mol. The van der Waals surface area contributed by atoms with E-state index in [1.807, 2.05) is 0 Å². The van der Waals surface area contributed by atoms with Crippen molar-refractivity contribution in [3.63, 3.8) is 0 Å². The topological polar surface area (TPSA) is 68.1 Å². The van der Waals surface area contributed by atoms with Crippen LogP contribution >= 0.6 is 0 Å². The first-order chi connectivity index (χ1) is 8.83. The summed E-state index contributed by atoms with van der Waals surface area (Å²) in [7, 11) is -3.39. The highest BCUT2D eigenvalue weighted by Gasteiger charge is 2.33. The molecule has 0 atom stereocenters. The van der Waals surface area contributed by atoms with E-state index in [9.17, 15) is 9.59 Å². The molecule has 0 heterocycles. The van der Waals surface area contributed by atoms with Crippen molar-refractivity contribution in [1.82, 2.24) is 0 Å². The maximum absolute atomic E-state index is 10.0. The molecule has 0 amide bonds. The standard InChI is InChI=1S/C12H24N2O3Si2/c1-18(2,3)17-19(4,9-5-7-13-11-15)10-6-8-14-12-16/h5-10H2,1-4H3. The number of isocyanates is 2. The van der Waals surface area contributed by atoms with Crippen LogP contribution in [0, 0.1) is 0 Å². The van der Waals surface area contributed by atoms with Crippen molar-refractivity contribution in [3.05, 3.63) is 0 Å². The molecule has 0 spiro atoms. The monoisotopic (exact) mass is 300 g/mol. The zero-order chi connectivity index (χ0) is 14.8. The van der Waals surface area contributed by atoms with Gasteiger partial charge in [0.2, 0.25) is 12.2 Å². The molecule has 0 aliphatic heterocycles. The van der Waals surface area contributed by atoms with Gasteiger partial charge in [-0.25, -0.2) is 19.6 Å². The van der Waals surface area contributed by atoms with E-state index in [1.54, 1.807) is 12.2 Å². The summed E-state index contributed by atoms with van der Waals surface area (Å²) in [6, 6.07) is 1.96. The van der Waals surface area contributed by atoms with Gasteiger partial charge in [0.15, 0.2) is 16.6 Å². The van der Waals surface area contributed by atoms with Gasteiger partial charge in [0.05, 0.1) is 13.1 Å². The first-order valence-corrected chi connectivity index (χ1v) is 12.8. The summed E-state index contributed by atoms with van der Waals surface area (Å²) in [5.74, 6) is 0. The molecular formula is C12H24N2O3Si2. The van der Waals surface area contributed by atoms with E-state index in [-0.39, 0.29) is 0 Å². The second kappa shape index (κ2) is 9.12. The van der Waals surface area contributed by atoms with Gasteiger partial charge in [-0.2, -0.15) is 0 Å². The zero-order valence-corrected chi connectivity index (χ0v) is 14.4. The van der Waals surface area contributed by atoms with Crippen molar-refractivity contribution < 1.29 is 13.7 Å². The average Bonchev–Trinajstić information content (AvgIpc) is 2.28. The van der Waals surface area contributed by atoms with Gasteiger partial charge < -0.3 is 4.12 Å². The first kappa shape index (κ1) is 18.2. The van der Waals surface area contributed by atoms with E-state index < -0.39 is 16.6 Å². The Morgan fingerprint density at radius 3 is 1.63 bits per heavy atom. The van der Waals surface area contributed by atoms with Crippen LogP contribution in [0.25, 0.3) is 0 Å². The number of carbonyl (C=O) groups excluding carboxylic acids is 2. The molecule has 0 aromatic carbocycles. The van der Waals surface area contributed by atoms with Crippen LogP contribution in [0.3, 0.4) is 0 Å². The highest BCUT2D eigenvalue weighted by molar-refractivity contribution is 6.84. The first-order valence-electron chi connectivity index (χ1n) is 6.60. The van der Waals surface area contributed by atoms with Crippen molar-refractivity contribution in [1.29, 1.82) is 0 Å². The minimum absolute atomic E-state index is 0.521. The molecule has 0 rings (SSSR count). The quantitative estimate of drug-likeness (QED) is 0.270. The van der Waals surface area contributed by atoms with Crippen LogP contribution in [0.15, 0.2) is 9.98 Å². The van der Waals surface area contributed by atoms with Crippen LogP contribution < -0.4 is 0 Å². The van der Waals surface area contributed by atoms with Crippen molar-refractivity contribution >= 4 is 28.8 Å². The molecule has 0 aliphatic rings. The molecule has 0 aromatic heterocycles. The Kier molecular flexibility index (Phi) is 8.71.